The van der Waals surface area contributed by atoms with Gasteiger partial charge >= 0.3 is 6.03 Å². The van der Waals surface area contributed by atoms with Gasteiger partial charge in [-0.3, -0.25) is 0 Å². The first-order chi connectivity index (χ1) is 13.0. The van der Waals surface area contributed by atoms with E-state index in [1.165, 1.54) is 9.12 Å². The summed E-state index contributed by atoms with van der Waals surface area (Å²) in [5.74, 6) is 1.58. The minimum atomic E-state index is -1.16. The Bertz CT molecular complexity index is 868. The molecule has 3 unspecified atom stereocenters. The van der Waals surface area contributed by atoms with Crippen molar-refractivity contribution in [2.45, 2.75) is 31.6 Å². The summed E-state index contributed by atoms with van der Waals surface area (Å²) in [5, 5.41) is 0. The molecule has 27 heavy (non-hydrogen) atoms. The zero-order valence-corrected chi connectivity index (χ0v) is 19.1. The maximum Gasteiger partial charge on any atom is 0.331 e. The van der Waals surface area contributed by atoms with Crippen molar-refractivity contribution in [3.05, 3.63) is 59.7 Å². The Kier molecular flexibility index (Phi) is 5.45. The monoisotopic (exact) mass is 514 g/mol. The molecule has 1 saturated heterocycles. The minimum absolute atomic E-state index is 0.0132. The van der Waals surface area contributed by atoms with E-state index in [2.05, 4.69) is 47.2 Å². The van der Waals surface area contributed by atoms with Gasteiger partial charge in [0.25, 0.3) is 8.38 Å². The number of hydrogen-bond donors (Lipinski definition) is 0. The number of amides is 2. The lowest BCUT2D eigenvalue weighted by atomic mass is 9.93. The second-order valence-electron chi connectivity index (χ2n) is 6.82. The fourth-order valence-electron chi connectivity index (χ4n) is 3.52. The quantitative estimate of drug-likeness (QED) is 0.267. The summed E-state index contributed by atoms with van der Waals surface area (Å²) in [6, 6.07) is 15.7. The van der Waals surface area contributed by atoms with Crippen molar-refractivity contribution in [1.82, 2.24) is 9.21 Å². The maximum absolute atomic E-state index is 13.0. The van der Waals surface area contributed by atoms with Crippen LogP contribution in [0.3, 0.4) is 0 Å². The molecule has 2 heterocycles. The number of benzene rings is 2. The molecular formula is C19H20IN2O3PS. The standard InChI is InChI=1S/C19H20IN2O3PS/c1-12(2)26-24-15-10-6-4-8-13(15)17-18(22(27-20)19(23)21(17)3)14-9-5-7-11-16(14)25-26/h4-12,17-18H,1-3H3. The summed E-state index contributed by atoms with van der Waals surface area (Å²) >= 11 is 2.18. The van der Waals surface area contributed by atoms with Crippen LogP contribution in [0.25, 0.3) is 0 Å². The van der Waals surface area contributed by atoms with Crippen LogP contribution in [0.5, 0.6) is 11.5 Å². The number of carbonyl (C=O) groups excluding carboxylic acids is 1. The molecule has 0 aromatic heterocycles. The lowest BCUT2D eigenvalue weighted by Gasteiger charge is -2.26. The summed E-state index contributed by atoms with van der Waals surface area (Å²) in [7, 11) is 2.12. The predicted molar refractivity (Wildman–Crippen MR) is 118 cm³/mol. The van der Waals surface area contributed by atoms with Crippen molar-refractivity contribution in [2.75, 3.05) is 7.05 Å². The average molecular weight is 514 g/mol. The van der Waals surface area contributed by atoms with Crippen LogP contribution in [-0.2, 0) is 0 Å². The van der Waals surface area contributed by atoms with Crippen LogP contribution in [0, 0.1) is 0 Å². The van der Waals surface area contributed by atoms with E-state index in [4.69, 9.17) is 9.05 Å². The van der Waals surface area contributed by atoms with Crippen molar-refractivity contribution in [3.63, 3.8) is 0 Å². The summed E-state index contributed by atoms with van der Waals surface area (Å²) in [5.41, 5.74) is 2.26. The van der Waals surface area contributed by atoms with Gasteiger partial charge in [0, 0.05) is 54.2 Å². The van der Waals surface area contributed by atoms with Crippen LogP contribution in [-0.4, -0.2) is 27.9 Å². The molecule has 2 aromatic carbocycles. The molecule has 4 rings (SSSR count). The highest BCUT2D eigenvalue weighted by Crippen LogP contribution is 2.57. The highest BCUT2D eigenvalue weighted by Gasteiger charge is 2.49. The zero-order valence-electron chi connectivity index (χ0n) is 15.2. The second-order valence-corrected chi connectivity index (χ2v) is 10.5. The number of halogens is 1. The van der Waals surface area contributed by atoms with Crippen molar-refractivity contribution in [2.24, 2.45) is 0 Å². The van der Waals surface area contributed by atoms with E-state index in [0.717, 1.165) is 22.6 Å². The second kappa shape index (κ2) is 7.68. The fraction of sp³-hybridized carbons (Fsp3) is 0.316. The molecular weight excluding hydrogens is 494 g/mol. The maximum atomic E-state index is 13.0. The topological polar surface area (TPSA) is 42.0 Å². The fourth-order valence-corrected chi connectivity index (χ4v) is 6.44. The predicted octanol–water partition coefficient (Wildman–Crippen LogP) is 6.33. The first kappa shape index (κ1) is 19.2. The first-order valence-corrected chi connectivity index (χ1v) is 13.3. The van der Waals surface area contributed by atoms with Crippen molar-refractivity contribution in [3.8, 4) is 11.5 Å². The Morgan fingerprint density at radius 1 is 1.00 bits per heavy atom. The Morgan fingerprint density at radius 3 is 2.04 bits per heavy atom. The molecule has 142 valence electrons. The van der Waals surface area contributed by atoms with E-state index < -0.39 is 8.38 Å². The Morgan fingerprint density at radius 2 is 1.52 bits per heavy atom. The van der Waals surface area contributed by atoms with Crippen LogP contribution in [0.1, 0.15) is 37.1 Å². The van der Waals surface area contributed by atoms with Crippen LogP contribution >= 0.6 is 38.7 Å². The van der Waals surface area contributed by atoms with Gasteiger partial charge in [-0.25, -0.2) is 9.10 Å². The molecule has 0 saturated carbocycles. The van der Waals surface area contributed by atoms with Crippen LogP contribution in [0.4, 0.5) is 4.79 Å². The van der Waals surface area contributed by atoms with Gasteiger partial charge in [0.15, 0.2) is 0 Å². The van der Waals surface area contributed by atoms with Gasteiger partial charge in [-0.05, 0) is 12.1 Å². The number of carbonyl (C=O) groups is 1. The molecule has 1 fully saturated rings. The molecule has 2 amide bonds. The van der Waals surface area contributed by atoms with Crippen molar-refractivity contribution < 1.29 is 13.8 Å². The van der Waals surface area contributed by atoms with E-state index in [1.807, 2.05) is 47.8 Å². The van der Waals surface area contributed by atoms with Gasteiger partial charge in [0.1, 0.15) is 11.5 Å². The molecule has 2 aliphatic heterocycles. The first-order valence-electron chi connectivity index (χ1n) is 8.70. The minimum Gasteiger partial charge on any atom is -0.438 e. The van der Waals surface area contributed by atoms with E-state index in [0.29, 0.717) is 0 Å². The molecule has 2 aromatic rings. The van der Waals surface area contributed by atoms with Gasteiger partial charge in [0.05, 0.1) is 12.1 Å². The summed E-state index contributed by atoms with van der Waals surface area (Å²) in [4.78, 5) is 14.8. The van der Waals surface area contributed by atoms with Crippen LogP contribution in [0.15, 0.2) is 48.5 Å². The molecule has 5 nitrogen and oxygen atoms in total. The molecule has 0 N–H and O–H groups in total. The van der Waals surface area contributed by atoms with Crippen LogP contribution in [0.2, 0.25) is 0 Å². The number of rotatable bonds is 2. The third-order valence-electron chi connectivity index (χ3n) is 4.81. The summed E-state index contributed by atoms with van der Waals surface area (Å²) in [6.45, 7) is 4.22. The van der Waals surface area contributed by atoms with E-state index >= 15 is 0 Å². The normalized spacial score (nSPS) is 24.2. The van der Waals surface area contributed by atoms with Gasteiger partial charge in [-0.15, -0.1) is 0 Å². The number of para-hydroxylation sites is 2. The number of nitrogens with zero attached hydrogens (tertiary/aromatic N) is 2. The number of likely N-dealkylation sites (N-methyl/N-ethyl adjacent to an activating group) is 1. The average Bonchev–Trinajstić information content (AvgIpc) is 2.94. The van der Waals surface area contributed by atoms with Gasteiger partial charge in [0.2, 0.25) is 0 Å². The molecule has 0 radical (unpaired) electrons. The summed E-state index contributed by atoms with van der Waals surface area (Å²) in [6.07, 6.45) is 0. The molecule has 8 heteroatoms. The van der Waals surface area contributed by atoms with Gasteiger partial charge < -0.3 is 13.9 Å². The third-order valence-corrected chi connectivity index (χ3v) is 8.21. The highest BCUT2D eigenvalue weighted by molar-refractivity contribution is 14.2. The Labute approximate surface area is 177 Å². The Balaban J connectivity index is 1.96. The number of urea groups is 1. The zero-order chi connectivity index (χ0) is 19.1. The lowest BCUT2D eigenvalue weighted by Crippen LogP contribution is -2.25. The van der Waals surface area contributed by atoms with Gasteiger partial charge in [-0.1, -0.05) is 50.2 Å². The van der Waals surface area contributed by atoms with Crippen LogP contribution < -0.4 is 9.05 Å². The SMILES string of the molecule is CC(C)P1Oc2ccccc2C2C(c3ccccc3O1)N(SI)C(=O)N2C. The molecule has 2 aliphatic rings. The summed E-state index contributed by atoms with van der Waals surface area (Å²) < 4.78 is 14.6. The lowest BCUT2D eigenvalue weighted by molar-refractivity contribution is 0.209. The molecule has 3 atom stereocenters. The number of hydrogen-bond acceptors (Lipinski definition) is 4. The van der Waals surface area contributed by atoms with E-state index in [-0.39, 0.29) is 23.8 Å². The molecule has 0 bridgehead atoms. The highest BCUT2D eigenvalue weighted by atomic mass is 127. The van der Waals surface area contributed by atoms with Crippen molar-refractivity contribution >= 4 is 44.7 Å². The Hall–Kier alpha value is -1.18. The van der Waals surface area contributed by atoms with E-state index in [9.17, 15) is 4.79 Å². The molecule has 0 spiro atoms. The van der Waals surface area contributed by atoms with E-state index in [1.54, 1.807) is 4.90 Å². The smallest absolute Gasteiger partial charge is 0.331 e. The van der Waals surface area contributed by atoms with Gasteiger partial charge in [-0.2, -0.15) is 0 Å². The van der Waals surface area contributed by atoms with Crippen molar-refractivity contribution in [1.29, 1.82) is 0 Å². The number of fused-ring (bicyclic) bond motifs is 5. The largest absolute Gasteiger partial charge is 0.438 e. The third kappa shape index (κ3) is 3.28. The molecule has 0 aliphatic carbocycles.